The number of carbonyl (C=O) groups is 1. The third-order valence-electron chi connectivity index (χ3n) is 3.01. The molecule has 0 saturated carbocycles. The summed E-state index contributed by atoms with van der Waals surface area (Å²) in [5.41, 5.74) is 1.47. The maximum absolute atomic E-state index is 12.1. The van der Waals surface area contributed by atoms with Crippen LogP contribution in [0.4, 0.5) is 5.69 Å². The van der Waals surface area contributed by atoms with Gasteiger partial charge in [0.05, 0.1) is 31.4 Å². The second-order valence-corrected chi connectivity index (χ2v) is 5.00. The van der Waals surface area contributed by atoms with E-state index in [2.05, 4.69) is 5.32 Å². The van der Waals surface area contributed by atoms with Gasteiger partial charge in [-0.3, -0.25) is 4.79 Å². The van der Waals surface area contributed by atoms with Crippen molar-refractivity contribution in [2.75, 3.05) is 19.5 Å². The molecule has 0 radical (unpaired) electrons. The van der Waals surface area contributed by atoms with Gasteiger partial charge in [-0.15, -0.1) is 0 Å². The highest BCUT2D eigenvalue weighted by Crippen LogP contribution is 2.35. The molecule has 0 bridgehead atoms. The Morgan fingerprint density at radius 1 is 1.29 bits per heavy atom. The summed E-state index contributed by atoms with van der Waals surface area (Å²) in [7, 11) is 4.95. The van der Waals surface area contributed by atoms with Gasteiger partial charge in [0.25, 0.3) is 0 Å². The van der Waals surface area contributed by atoms with Crippen molar-refractivity contribution in [3.05, 3.63) is 41.2 Å². The van der Waals surface area contributed by atoms with Gasteiger partial charge in [0.15, 0.2) is 0 Å². The zero-order valence-electron chi connectivity index (χ0n) is 12.1. The normalized spacial score (nSPS) is 10.3. The van der Waals surface area contributed by atoms with E-state index in [-0.39, 0.29) is 12.3 Å². The topological polar surface area (TPSA) is 52.5 Å². The van der Waals surface area contributed by atoms with Gasteiger partial charge in [-0.2, -0.15) is 0 Å². The van der Waals surface area contributed by atoms with E-state index in [0.29, 0.717) is 22.2 Å². The number of carbonyl (C=O) groups excluding carboxylic acids is 1. The lowest BCUT2D eigenvalue weighted by molar-refractivity contribution is -0.115. The average Bonchev–Trinajstić information content (AvgIpc) is 2.85. The van der Waals surface area contributed by atoms with Crippen molar-refractivity contribution in [3.63, 3.8) is 0 Å². The number of methoxy groups -OCH3 is 2. The van der Waals surface area contributed by atoms with Gasteiger partial charge >= 0.3 is 0 Å². The second-order valence-electron chi connectivity index (χ2n) is 4.60. The number of hydrogen-bond acceptors (Lipinski definition) is 3. The highest BCUT2D eigenvalue weighted by Gasteiger charge is 2.13. The fourth-order valence-corrected chi connectivity index (χ4v) is 2.23. The van der Waals surface area contributed by atoms with Gasteiger partial charge in [0.1, 0.15) is 11.5 Å². The Morgan fingerprint density at radius 2 is 2.00 bits per heavy atom. The molecule has 0 spiro atoms. The summed E-state index contributed by atoms with van der Waals surface area (Å²) in [5, 5.41) is 3.24. The third kappa shape index (κ3) is 3.70. The number of nitrogens with zero attached hydrogens (tertiary/aromatic N) is 1. The van der Waals surface area contributed by atoms with E-state index in [1.54, 1.807) is 12.1 Å². The zero-order chi connectivity index (χ0) is 15.4. The standard InChI is InChI=1S/C15H17ClN2O3/c1-18-5-4-10(9-18)6-15(19)17-12-8-13(20-2)11(16)7-14(12)21-3/h4-5,7-9H,6H2,1-3H3,(H,17,19). The molecule has 21 heavy (non-hydrogen) atoms. The van der Waals surface area contributed by atoms with Gasteiger partial charge in [-0.05, 0) is 11.6 Å². The summed E-state index contributed by atoms with van der Waals surface area (Å²) >= 11 is 6.03. The Hall–Kier alpha value is -2.14. The number of amides is 1. The van der Waals surface area contributed by atoms with Crippen molar-refractivity contribution in [1.29, 1.82) is 0 Å². The largest absolute Gasteiger partial charge is 0.495 e. The minimum atomic E-state index is -0.135. The van der Waals surface area contributed by atoms with Crippen molar-refractivity contribution in [2.45, 2.75) is 6.42 Å². The Morgan fingerprint density at radius 3 is 2.57 bits per heavy atom. The third-order valence-corrected chi connectivity index (χ3v) is 3.30. The van der Waals surface area contributed by atoms with Crippen LogP contribution in [-0.4, -0.2) is 24.7 Å². The molecule has 112 valence electrons. The zero-order valence-corrected chi connectivity index (χ0v) is 12.9. The SMILES string of the molecule is COc1cc(NC(=O)Cc2ccn(C)c2)c(OC)cc1Cl. The number of aryl methyl sites for hydroxylation is 1. The first-order valence-electron chi connectivity index (χ1n) is 6.35. The molecule has 1 aromatic heterocycles. The Labute approximate surface area is 128 Å². The molecular weight excluding hydrogens is 292 g/mol. The van der Waals surface area contributed by atoms with E-state index in [1.807, 2.05) is 30.1 Å². The monoisotopic (exact) mass is 308 g/mol. The number of ether oxygens (including phenoxy) is 2. The van der Waals surface area contributed by atoms with Crippen LogP contribution in [0.2, 0.25) is 5.02 Å². The number of anilines is 1. The van der Waals surface area contributed by atoms with Crippen LogP contribution in [0, 0.1) is 0 Å². The van der Waals surface area contributed by atoms with E-state index in [0.717, 1.165) is 5.56 Å². The molecule has 1 aromatic carbocycles. The lowest BCUT2D eigenvalue weighted by Crippen LogP contribution is -2.15. The lowest BCUT2D eigenvalue weighted by atomic mass is 10.2. The summed E-state index contributed by atoms with van der Waals surface area (Å²) in [6, 6.07) is 5.15. The van der Waals surface area contributed by atoms with Crippen molar-refractivity contribution in [3.8, 4) is 11.5 Å². The molecule has 1 N–H and O–H groups in total. The number of benzene rings is 1. The Bertz CT molecular complexity index is 652. The summed E-state index contributed by atoms with van der Waals surface area (Å²) in [5.74, 6) is 0.832. The van der Waals surface area contributed by atoms with Gasteiger partial charge < -0.3 is 19.4 Å². The molecule has 2 rings (SSSR count). The fraction of sp³-hybridized carbons (Fsp3) is 0.267. The Balaban J connectivity index is 2.16. The minimum absolute atomic E-state index is 0.135. The highest BCUT2D eigenvalue weighted by molar-refractivity contribution is 6.32. The second kappa shape index (κ2) is 6.54. The molecule has 0 unspecified atom stereocenters. The molecular formula is C15H17ClN2O3. The van der Waals surface area contributed by atoms with E-state index in [4.69, 9.17) is 21.1 Å². The van der Waals surface area contributed by atoms with Gasteiger partial charge in [0, 0.05) is 31.6 Å². The number of halogens is 1. The maximum Gasteiger partial charge on any atom is 0.228 e. The van der Waals surface area contributed by atoms with Crippen LogP contribution < -0.4 is 14.8 Å². The predicted octanol–water partition coefficient (Wildman–Crippen LogP) is 2.88. The quantitative estimate of drug-likeness (QED) is 0.924. The molecule has 2 aromatic rings. The first kappa shape index (κ1) is 15.3. The summed E-state index contributed by atoms with van der Waals surface area (Å²) in [4.78, 5) is 12.1. The van der Waals surface area contributed by atoms with Crippen LogP contribution in [0.1, 0.15) is 5.56 Å². The molecule has 0 atom stereocenters. The molecule has 5 nitrogen and oxygen atoms in total. The molecule has 6 heteroatoms. The van der Waals surface area contributed by atoms with Crippen molar-refractivity contribution >= 4 is 23.2 Å². The van der Waals surface area contributed by atoms with Gasteiger partial charge in [0.2, 0.25) is 5.91 Å². The van der Waals surface area contributed by atoms with Crippen molar-refractivity contribution in [1.82, 2.24) is 4.57 Å². The number of rotatable bonds is 5. The number of nitrogens with one attached hydrogen (secondary N) is 1. The molecule has 0 fully saturated rings. The molecule has 0 aliphatic carbocycles. The Kier molecular flexibility index (Phi) is 4.75. The summed E-state index contributed by atoms with van der Waals surface area (Å²) < 4.78 is 12.3. The molecule has 0 aliphatic heterocycles. The van der Waals surface area contributed by atoms with E-state index < -0.39 is 0 Å². The lowest BCUT2D eigenvalue weighted by Gasteiger charge is -2.13. The van der Waals surface area contributed by atoms with Crippen molar-refractivity contribution < 1.29 is 14.3 Å². The summed E-state index contributed by atoms with van der Waals surface area (Å²) in [6.45, 7) is 0. The number of aromatic nitrogens is 1. The van der Waals surface area contributed by atoms with Crippen LogP contribution in [0.5, 0.6) is 11.5 Å². The minimum Gasteiger partial charge on any atom is -0.495 e. The fourth-order valence-electron chi connectivity index (χ4n) is 2.00. The first-order chi connectivity index (χ1) is 10.0. The van der Waals surface area contributed by atoms with Gasteiger partial charge in [-0.25, -0.2) is 0 Å². The maximum atomic E-state index is 12.1. The highest BCUT2D eigenvalue weighted by atomic mass is 35.5. The van der Waals surface area contributed by atoms with Crippen LogP contribution >= 0.6 is 11.6 Å². The predicted molar refractivity (Wildman–Crippen MR) is 82.3 cm³/mol. The van der Waals surface area contributed by atoms with E-state index in [9.17, 15) is 4.79 Å². The van der Waals surface area contributed by atoms with E-state index in [1.165, 1.54) is 14.2 Å². The van der Waals surface area contributed by atoms with Crippen LogP contribution in [0.15, 0.2) is 30.6 Å². The smallest absolute Gasteiger partial charge is 0.228 e. The van der Waals surface area contributed by atoms with Gasteiger partial charge in [-0.1, -0.05) is 11.6 Å². The van der Waals surface area contributed by atoms with Crippen LogP contribution in [0.25, 0.3) is 0 Å². The number of hydrogen-bond donors (Lipinski definition) is 1. The van der Waals surface area contributed by atoms with Crippen LogP contribution in [0.3, 0.4) is 0 Å². The molecule has 1 heterocycles. The first-order valence-corrected chi connectivity index (χ1v) is 6.73. The summed E-state index contributed by atoms with van der Waals surface area (Å²) in [6.07, 6.45) is 4.09. The molecule has 1 amide bonds. The molecule has 0 saturated heterocycles. The van der Waals surface area contributed by atoms with Crippen LogP contribution in [-0.2, 0) is 18.3 Å². The average molecular weight is 309 g/mol. The molecule has 0 aliphatic rings. The van der Waals surface area contributed by atoms with Crippen molar-refractivity contribution in [2.24, 2.45) is 7.05 Å². The van der Waals surface area contributed by atoms with E-state index >= 15 is 0 Å².